The number of ether oxygens (including phenoxy) is 1. The molecule has 1 unspecified atom stereocenters. The summed E-state index contributed by atoms with van der Waals surface area (Å²) in [4.78, 5) is 4.45. The smallest absolute Gasteiger partial charge is 0.122 e. The van der Waals surface area contributed by atoms with Crippen LogP contribution in [0, 0.1) is 0 Å². The molecule has 3 aromatic rings. The summed E-state index contributed by atoms with van der Waals surface area (Å²) < 4.78 is 6.60. The fraction of sp³-hybridized carbons (Fsp3) is 0.179. The SMILES string of the molecule is C=C(COc1ccccc1)/C(=C/CO)C(O)CC/C(=C/c1cc(Br)ccc1O)c1ccccn1. The Kier molecular flexibility index (Phi) is 9.64. The number of para-hydroxylation sites is 1. The van der Waals surface area contributed by atoms with Gasteiger partial charge < -0.3 is 20.1 Å². The largest absolute Gasteiger partial charge is 0.507 e. The quantitative estimate of drug-likeness (QED) is 0.278. The first-order chi connectivity index (χ1) is 16.5. The second kappa shape index (κ2) is 12.9. The van der Waals surface area contributed by atoms with Gasteiger partial charge in [-0.1, -0.05) is 52.9 Å². The highest BCUT2D eigenvalue weighted by Gasteiger charge is 2.16. The Bertz CT molecular complexity index is 1140. The average molecular weight is 522 g/mol. The second-order valence-electron chi connectivity index (χ2n) is 7.69. The number of rotatable bonds is 11. The number of hydrogen-bond acceptors (Lipinski definition) is 5. The van der Waals surface area contributed by atoms with Gasteiger partial charge in [0, 0.05) is 16.2 Å². The highest BCUT2D eigenvalue weighted by molar-refractivity contribution is 9.10. The van der Waals surface area contributed by atoms with Crippen molar-refractivity contribution in [1.82, 2.24) is 4.98 Å². The molecule has 0 spiro atoms. The number of nitrogens with zero attached hydrogens (tertiary/aromatic N) is 1. The molecule has 0 saturated heterocycles. The zero-order chi connectivity index (χ0) is 24.3. The second-order valence-corrected chi connectivity index (χ2v) is 8.61. The number of halogens is 1. The lowest BCUT2D eigenvalue weighted by atomic mass is 9.94. The third-order valence-electron chi connectivity index (χ3n) is 5.24. The van der Waals surface area contributed by atoms with E-state index in [-0.39, 0.29) is 19.0 Å². The predicted octanol–water partition coefficient (Wildman–Crippen LogP) is 5.79. The summed E-state index contributed by atoms with van der Waals surface area (Å²) in [6.45, 7) is 4.03. The molecule has 6 heteroatoms. The maximum absolute atomic E-state index is 11.0. The van der Waals surface area contributed by atoms with Crippen LogP contribution >= 0.6 is 15.9 Å². The summed E-state index contributed by atoms with van der Waals surface area (Å²) in [5, 5.41) is 30.8. The molecule has 34 heavy (non-hydrogen) atoms. The van der Waals surface area contributed by atoms with Crippen molar-refractivity contribution in [2.45, 2.75) is 18.9 Å². The number of aromatic hydroxyl groups is 1. The highest BCUT2D eigenvalue weighted by atomic mass is 79.9. The van der Waals surface area contributed by atoms with Crippen LogP contribution in [-0.2, 0) is 0 Å². The van der Waals surface area contributed by atoms with E-state index in [1.54, 1.807) is 24.4 Å². The van der Waals surface area contributed by atoms with Crippen molar-refractivity contribution in [3.63, 3.8) is 0 Å². The minimum absolute atomic E-state index is 0.157. The number of benzene rings is 2. The fourth-order valence-corrected chi connectivity index (χ4v) is 3.87. The van der Waals surface area contributed by atoms with Crippen LogP contribution in [0.25, 0.3) is 11.6 Å². The van der Waals surface area contributed by atoms with Gasteiger partial charge in [-0.3, -0.25) is 4.98 Å². The maximum atomic E-state index is 11.0. The molecule has 0 fully saturated rings. The van der Waals surface area contributed by atoms with Gasteiger partial charge in [0.05, 0.1) is 18.4 Å². The van der Waals surface area contributed by atoms with Gasteiger partial charge in [-0.25, -0.2) is 0 Å². The molecule has 3 N–H and O–H groups in total. The van der Waals surface area contributed by atoms with E-state index in [4.69, 9.17) is 4.74 Å². The summed E-state index contributed by atoms with van der Waals surface area (Å²) in [6.07, 6.45) is 5.14. The summed E-state index contributed by atoms with van der Waals surface area (Å²) >= 11 is 3.44. The van der Waals surface area contributed by atoms with Crippen molar-refractivity contribution in [1.29, 1.82) is 0 Å². The number of phenolic OH excluding ortho intramolecular Hbond substituents is 1. The van der Waals surface area contributed by atoms with Crippen molar-refractivity contribution in [2.24, 2.45) is 0 Å². The van der Waals surface area contributed by atoms with E-state index in [0.29, 0.717) is 35.3 Å². The third-order valence-corrected chi connectivity index (χ3v) is 5.73. The van der Waals surface area contributed by atoms with Gasteiger partial charge in [0.1, 0.15) is 18.1 Å². The Morgan fingerprint density at radius 3 is 2.56 bits per heavy atom. The highest BCUT2D eigenvalue weighted by Crippen LogP contribution is 2.30. The number of pyridine rings is 1. The molecule has 176 valence electrons. The number of allylic oxidation sites excluding steroid dienone is 1. The Morgan fingerprint density at radius 2 is 1.85 bits per heavy atom. The van der Waals surface area contributed by atoms with E-state index in [9.17, 15) is 15.3 Å². The lowest BCUT2D eigenvalue weighted by molar-refractivity contribution is 0.200. The first-order valence-corrected chi connectivity index (χ1v) is 11.7. The number of hydrogen-bond donors (Lipinski definition) is 3. The van der Waals surface area contributed by atoms with Crippen LogP contribution in [-0.4, -0.2) is 39.6 Å². The number of aromatic nitrogens is 1. The topological polar surface area (TPSA) is 82.8 Å². The summed E-state index contributed by atoms with van der Waals surface area (Å²) in [5.74, 6) is 0.861. The minimum atomic E-state index is -0.859. The third kappa shape index (κ3) is 7.42. The maximum Gasteiger partial charge on any atom is 0.122 e. The molecule has 0 bridgehead atoms. The van der Waals surface area contributed by atoms with E-state index >= 15 is 0 Å². The minimum Gasteiger partial charge on any atom is -0.507 e. The van der Waals surface area contributed by atoms with Gasteiger partial charge in [0.15, 0.2) is 0 Å². The van der Waals surface area contributed by atoms with E-state index in [1.165, 1.54) is 0 Å². The van der Waals surface area contributed by atoms with Crippen LogP contribution < -0.4 is 4.74 Å². The first kappa shape index (κ1) is 25.4. The molecule has 1 aromatic heterocycles. The van der Waals surface area contributed by atoms with Gasteiger partial charge in [-0.15, -0.1) is 0 Å². The molecule has 3 rings (SSSR count). The standard InChI is InChI=1S/C28H28BrNO4/c1-20(19-34-24-7-3-2-4-8-24)25(14-16-31)28(33)12-10-21(26-9-5-6-15-30-26)17-22-18-23(29)11-13-27(22)32/h2-9,11,13-15,17-18,28,31-33H,1,10,12,16,19H2/b21-17-,25-14-. The molecular weight excluding hydrogens is 494 g/mol. The lowest BCUT2D eigenvalue weighted by Gasteiger charge is -2.19. The van der Waals surface area contributed by atoms with Crippen molar-refractivity contribution in [3.05, 3.63) is 112 Å². The molecule has 0 aliphatic rings. The molecule has 0 aliphatic carbocycles. The van der Waals surface area contributed by atoms with Crippen LogP contribution in [0.5, 0.6) is 11.5 Å². The van der Waals surface area contributed by atoms with Crippen LogP contribution in [0.1, 0.15) is 24.1 Å². The van der Waals surface area contributed by atoms with Gasteiger partial charge in [-0.2, -0.15) is 0 Å². The van der Waals surface area contributed by atoms with Crippen molar-refractivity contribution < 1.29 is 20.1 Å². The zero-order valence-electron chi connectivity index (χ0n) is 18.8. The van der Waals surface area contributed by atoms with E-state index in [2.05, 4.69) is 27.5 Å². The monoisotopic (exact) mass is 521 g/mol. The molecule has 0 aliphatic heterocycles. The Hall–Kier alpha value is -3.19. The summed E-state index contributed by atoms with van der Waals surface area (Å²) in [6, 6.07) is 20.2. The Balaban J connectivity index is 1.76. The molecule has 5 nitrogen and oxygen atoms in total. The van der Waals surface area contributed by atoms with Gasteiger partial charge in [0.2, 0.25) is 0 Å². The Labute approximate surface area is 208 Å². The van der Waals surface area contributed by atoms with Gasteiger partial charge in [-0.05, 0) is 78.1 Å². The zero-order valence-corrected chi connectivity index (χ0v) is 20.4. The number of phenols is 1. The fourth-order valence-electron chi connectivity index (χ4n) is 3.49. The van der Waals surface area contributed by atoms with Gasteiger partial charge in [0.25, 0.3) is 0 Å². The molecule has 1 heterocycles. The number of aliphatic hydroxyl groups excluding tert-OH is 2. The Morgan fingerprint density at radius 1 is 1.09 bits per heavy atom. The van der Waals surface area contributed by atoms with Crippen molar-refractivity contribution >= 4 is 27.6 Å². The van der Waals surface area contributed by atoms with Crippen molar-refractivity contribution in [2.75, 3.05) is 13.2 Å². The lowest BCUT2D eigenvalue weighted by Crippen LogP contribution is -2.16. The van der Waals surface area contributed by atoms with Crippen molar-refractivity contribution in [3.8, 4) is 11.5 Å². The molecule has 0 radical (unpaired) electrons. The summed E-state index contributed by atoms with van der Waals surface area (Å²) in [5.41, 5.74) is 3.41. The molecule has 0 saturated carbocycles. The van der Waals surface area contributed by atoms with E-state index in [1.807, 2.05) is 60.7 Å². The average Bonchev–Trinajstić information content (AvgIpc) is 2.86. The molecular formula is C28H28BrNO4. The number of aliphatic hydroxyl groups is 2. The van der Waals surface area contributed by atoms with Crippen LogP contribution in [0.15, 0.2) is 101 Å². The van der Waals surface area contributed by atoms with E-state index in [0.717, 1.165) is 15.7 Å². The van der Waals surface area contributed by atoms with E-state index < -0.39 is 6.10 Å². The summed E-state index contributed by atoms with van der Waals surface area (Å²) in [7, 11) is 0. The van der Waals surface area contributed by atoms with Crippen LogP contribution in [0.3, 0.4) is 0 Å². The van der Waals surface area contributed by atoms with Crippen LogP contribution in [0.4, 0.5) is 0 Å². The molecule has 1 atom stereocenters. The van der Waals surface area contributed by atoms with Gasteiger partial charge >= 0.3 is 0 Å². The molecule has 2 aromatic carbocycles. The first-order valence-electron chi connectivity index (χ1n) is 10.9. The molecule has 0 amide bonds. The normalized spacial score (nSPS) is 12.9. The van der Waals surface area contributed by atoms with Crippen LogP contribution in [0.2, 0.25) is 0 Å². The predicted molar refractivity (Wildman–Crippen MR) is 139 cm³/mol.